The van der Waals surface area contributed by atoms with Crippen LogP contribution in [0.3, 0.4) is 0 Å². The van der Waals surface area contributed by atoms with Crippen LogP contribution in [-0.2, 0) is 0 Å². The molecule has 164 valence electrons. The minimum absolute atomic E-state index is 0.0896. The number of nitrogens with one attached hydrogen (secondary N) is 3. The van der Waals surface area contributed by atoms with E-state index in [-0.39, 0.29) is 22.1 Å². The SMILES string of the molecule is CCCNC1CCCCC1.O=C(O)c1cc(NC(=O)c2cc(F)c(F)cc2Cl)n[nH]1. The number of rotatable bonds is 6. The van der Waals surface area contributed by atoms with E-state index in [1.165, 1.54) is 45.1 Å². The summed E-state index contributed by atoms with van der Waals surface area (Å²) in [6.45, 7) is 3.44. The van der Waals surface area contributed by atoms with Crippen molar-refractivity contribution in [3.63, 3.8) is 0 Å². The molecular weight excluding hydrogens is 418 g/mol. The number of anilines is 1. The van der Waals surface area contributed by atoms with E-state index in [4.69, 9.17) is 16.7 Å². The fourth-order valence-corrected chi connectivity index (χ4v) is 3.27. The van der Waals surface area contributed by atoms with E-state index in [9.17, 15) is 18.4 Å². The number of hydrogen-bond donors (Lipinski definition) is 4. The van der Waals surface area contributed by atoms with Crippen molar-refractivity contribution in [1.82, 2.24) is 15.5 Å². The fraction of sp³-hybridized carbons (Fsp3) is 0.450. The molecule has 1 aliphatic rings. The van der Waals surface area contributed by atoms with Gasteiger partial charge in [0.1, 0.15) is 5.69 Å². The second-order valence-electron chi connectivity index (χ2n) is 6.96. The Balaban J connectivity index is 0.000000269. The number of carboxylic acids is 1. The number of halogens is 3. The van der Waals surface area contributed by atoms with E-state index >= 15 is 0 Å². The monoisotopic (exact) mass is 442 g/mol. The molecule has 2 aromatic rings. The van der Waals surface area contributed by atoms with Crippen LogP contribution in [0.25, 0.3) is 0 Å². The number of hydrogen-bond acceptors (Lipinski definition) is 4. The van der Waals surface area contributed by atoms with Gasteiger partial charge in [0.05, 0.1) is 10.6 Å². The zero-order chi connectivity index (χ0) is 22.1. The van der Waals surface area contributed by atoms with Gasteiger partial charge in [0.25, 0.3) is 5.91 Å². The molecule has 0 saturated heterocycles. The molecule has 10 heteroatoms. The highest BCUT2D eigenvalue weighted by Crippen LogP contribution is 2.21. The van der Waals surface area contributed by atoms with Crippen LogP contribution >= 0.6 is 11.6 Å². The van der Waals surface area contributed by atoms with Crippen molar-refractivity contribution < 1.29 is 23.5 Å². The van der Waals surface area contributed by atoms with Crippen molar-refractivity contribution >= 4 is 29.3 Å². The predicted octanol–water partition coefficient (Wildman–Crippen LogP) is 4.61. The number of aromatic carboxylic acids is 1. The lowest BCUT2D eigenvalue weighted by Crippen LogP contribution is -2.31. The number of benzene rings is 1. The number of aromatic amines is 1. The lowest BCUT2D eigenvalue weighted by molar-refractivity contribution is 0.0690. The van der Waals surface area contributed by atoms with Crippen LogP contribution in [0.1, 0.15) is 66.3 Å². The lowest BCUT2D eigenvalue weighted by atomic mass is 9.95. The van der Waals surface area contributed by atoms with Crippen LogP contribution in [0, 0.1) is 11.6 Å². The number of H-pyrrole nitrogens is 1. The Kier molecular flexibility index (Phi) is 9.19. The van der Waals surface area contributed by atoms with Gasteiger partial charge in [-0.1, -0.05) is 37.8 Å². The average molecular weight is 443 g/mol. The topological polar surface area (TPSA) is 107 Å². The largest absolute Gasteiger partial charge is 0.477 e. The normalized spacial score (nSPS) is 14.0. The highest BCUT2D eigenvalue weighted by Gasteiger charge is 2.17. The first-order valence-electron chi connectivity index (χ1n) is 9.79. The highest BCUT2D eigenvalue weighted by atomic mass is 35.5. The summed E-state index contributed by atoms with van der Waals surface area (Å²) in [5.41, 5.74) is -0.540. The van der Waals surface area contributed by atoms with Gasteiger partial charge in [0, 0.05) is 12.1 Å². The molecule has 0 unspecified atom stereocenters. The Morgan fingerprint density at radius 2 is 1.87 bits per heavy atom. The van der Waals surface area contributed by atoms with Crippen molar-refractivity contribution in [2.24, 2.45) is 0 Å². The Labute approximate surface area is 178 Å². The third-order valence-electron chi connectivity index (χ3n) is 4.59. The first kappa shape index (κ1) is 23.8. The molecule has 0 atom stereocenters. The number of nitrogens with zero attached hydrogens (tertiary/aromatic N) is 1. The van der Waals surface area contributed by atoms with Gasteiger partial charge in [-0.3, -0.25) is 9.89 Å². The molecule has 3 rings (SSSR count). The predicted molar refractivity (Wildman–Crippen MR) is 110 cm³/mol. The summed E-state index contributed by atoms with van der Waals surface area (Å²) in [5, 5.41) is 19.8. The van der Waals surface area contributed by atoms with Crippen LogP contribution in [0.4, 0.5) is 14.6 Å². The van der Waals surface area contributed by atoms with Crippen molar-refractivity contribution in [2.75, 3.05) is 11.9 Å². The maximum absolute atomic E-state index is 13.1. The first-order valence-corrected chi connectivity index (χ1v) is 10.2. The van der Waals surface area contributed by atoms with Crippen LogP contribution in [0.15, 0.2) is 18.2 Å². The molecule has 0 aliphatic heterocycles. The second-order valence-corrected chi connectivity index (χ2v) is 7.37. The molecule has 0 spiro atoms. The van der Waals surface area contributed by atoms with Gasteiger partial charge < -0.3 is 15.7 Å². The van der Waals surface area contributed by atoms with Gasteiger partial charge in [-0.25, -0.2) is 13.6 Å². The number of aromatic nitrogens is 2. The number of carboxylic acid groups (broad SMARTS) is 1. The van der Waals surface area contributed by atoms with E-state index in [1.54, 1.807) is 0 Å². The summed E-state index contributed by atoms with van der Waals surface area (Å²) in [6, 6.07) is 3.22. The zero-order valence-electron chi connectivity index (χ0n) is 16.6. The van der Waals surface area contributed by atoms with E-state index in [0.29, 0.717) is 12.1 Å². The molecule has 1 aromatic carbocycles. The third kappa shape index (κ3) is 7.07. The molecule has 0 radical (unpaired) electrons. The molecule has 1 heterocycles. The molecule has 7 nitrogen and oxygen atoms in total. The number of amides is 1. The van der Waals surface area contributed by atoms with Crippen LogP contribution < -0.4 is 10.6 Å². The van der Waals surface area contributed by atoms with E-state index in [2.05, 4.69) is 27.8 Å². The summed E-state index contributed by atoms with van der Waals surface area (Å²) in [4.78, 5) is 22.4. The van der Waals surface area contributed by atoms with Crippen LogP contribution in [-0.4, -0.2) is 39.8 Å². The molecule has 30 heavy (non-hydrogen) atoms. The van der Waals surface area contributed by atoms with Gasteiger partial charge in [0.2, 0.25) is 0 Å². The summed E-state index contributed by atoms with van der Waals surface area (Å²) in [6.07, 6.45) is 8.46. The average Bonchev–Trinajstić information content (AvgIpc) is 3.19. The van der Waals surface area contributed by atoms with E-state index in [1.807, 2.05) is 0 Å². The van der Waals surface area contributed by atoms with Gasteiger partial charge in [-0.2, -0.15) is 5.10 Å². The molecule has 0 bridgehead atoms. The van der Waals surface area contributed by atoms with Gasteiger partial charge in [-0.15, -0.1) is 0 Å². The van der Waals surface area contributed by atoms with Crippen LogP contribution in [0.2, 0.25) is 5.02 Å². The Morgan fingerprint density at radius 1 is 1.20 bits per heavy atom. The zero-order valence-corrected chi connectivity index (χ0v) is 17.4. The molecule has 1 fully saturated rings. The summed E-state index contributed by atoms with van der Waals surface area (Å²) in [7, 11) is 0. The summed E-state index contributed by atoms with van der Waals surface area (Å²) in [5.74, 6) is -4.61. The maximum Gasteiger partial charge on any atom is 0.353 e. The molecule has 1 saturated carbocycles. The van der Waals surface area contributed by atoms with Gasteiger partial charge >= 0.3 is 5.97 Å². The molecular formula is C20H25ClF2N4O3. The van der Waals surface area contributed by atoms with Gasteiger partial charge in [0.15, 0.2) is 17.5 Å². The minimum Gasteiger partial charge on any atom is -0.477 e. The maximum atomic E-state index is 13.1. The number of carbonyl (C=O) groups excluding carboxylic acids is 1. The third-order valence-corrected chi connectivity index (χ3v) is 4.91. The highest BCUT2D eigenvalue weighted by molar-refractivity contribution is 6.34. The van der Waals surface area contributed by atoms with Gasteiger partial charge in [-0.05, 0) is 37.9 Å². The smallest absolute Gasteiger partial charge is 0.353 e. The second kappa shape index (κ2) is 11.6. The standard InChI is InChI=1S/C11H6ClF2N3O3.C9H19N/c12-5-2-7(14)6(13)1-4(5)10(18)15-9-3-8(11(19)20)16-17-9;1-2-8-10-9-6-4-3-5-7-9/h1-3H,(H,19,20)(H2,15,16,17,18);9-10H,2-8H2,1H3. The van der Waals surface area contributed by atoms with E-state index < -0.39 is 23.5 Å². The Hall–Kier alpha value is -2.52. The molecule has 1 aliphatic carbocycles. The van der Waals surface area contributed by atoms with Crippen molar-refractivity contribution in [3.05, 3.63) is 46.1 Å². The molecule has 1 aromatic heterocycles. The fourth-order valence-electron chi connectivity index (χ4n) is 3.03. The van der Waals surface area contributed by atoms with E-state index in [0.717, 1.165) is 12.1 Å². The quantitative estimate of drug-likeness (QED) is 0.489. The Morgan fingerprint density at radius 3 is 2.47 bits per heavy atom. The summed E-state index contributed by atoms with van der Waals surface area (Å²) >= 11 is 5.63. The number of carbonyl (C=O) groups is 2. The van der Waals surface area contributed by atoms with Crippen LogP contribution in [0.5, 0.6) is 0 Å². The molecule has 1 amide bonds. The lowest BCUT2D eigenvalue weighted by Gasteiger charge is -2.22. The molecule has 4 N–H and O–H groups in total. The van der Waals surface area contributed by atoms with Crippen molar-refractivity contribution in [1.29, 1.82) is 0 Å². The minimum atomic E-state index is -1.26. The van der Waals surface area contributed by atoms with Crippen molar-refractivity contribution in [3.8, 4) is 0 Å². The first-order chi connectivity index (χ1) is 14.3. The summed E-state index contributed by atoms with van der Waals surface area (Å²) < 4.78 is 25.9. The van der Waals surface area contributed by atoms with Crippen molar-refractivity contribution in [2.45, 2.75) is 51.5 Å². The Bertz CT molecular complexity index is 870.